The molecule has 1 unspecified atom stereocenters. The summed E-state index contributed by atoms with van der Waals surface area (Å²) in [4.78, 5) is 12.8. The smallest absolute Gasteiger partial charge is 0.244 e. The fraction of sp³-hybridized carbons (Fsp3) is 0.625. The molecule has 0 aliphatic carbocycles. The van der Waals surface area contributed by atoms with Crippen LogP contribution in [0.5, 0.6) is 0 Å². The van der Waals surface area contributed by atoms with E-state index in [4.69, 9.17) is 11.6 Å². The van der Waals surface area contributed by atoms with E-state index in [1.807, 2.05) is 13.8 Å². The molecule has 0 aliphatic heterocycles. The molecular weight excluding hydrogens is 204 g/mol. The highest BCUT2D eigenvalue weighted by Crippen LogP contribution is 2.17. The molecule has 6 heteroatoms. The van der Waals surface area contributed by atoms with Crippen LogP contribution < -0.4 is 5.32 Å². The second-order valence-electron chi connectivity index (χ2n) is 3.28. The Morgan fingerprint density at radius 3 is 2.71 bits per heavy atom. The number of nitrogens with one attached hydrogen (secondary N) is 1. The number of aromatic nitrogens is 3. The van der Waals surface area contributed by atoms with E-state index in [1.54, 1.807) is 7.05 Å². The number of alkyl halides is 1. The van der Waals surface area contributed by atoms with Crippen molar-refractivity contribution in [1.29, 1.82) is 0 Å². The average molecular weight is 217 g/mol. The zero-order valence-corrected chi connectivity index (χ0v) is 9.12. The minimum Gasteiger partial charge on any atom is -0.352 e. The Balaban J connectivity index is 2.65. The molecule has 1 heterocycles. The third-order valence-electron chi connectivity index (χ3n) is 1.54. The Kier molecular flexibility index (Phi) is 3.46. The predicted molar refractivity (Wildman–Crippen MR) is 52.9 cm³/mol. The summed E-state index contributed by atoms with van der Waals surface area (Å²) in [5.41, 5.74) is 0.465. The van der Waals surface area contributed by atoms with Crippen molar-refractivity contribution in [3.8, 4) is 0 Å². The van der Waals surface area contributed by atoms with Crippen LogP contribution in [0.4, 0.5) is 0 Å². The van der Waals surface area contributed by atoms with Crippen molar-refractivity contribution < 1.29 is 4.79 Å². The van der Waals surface area contributed by atoms with Gasteiger partial charge in [-0.25, -0.2) is 0 Å². The lowest BCUT2D eigenvalue weighted by molar-refractivity contribution is -0.121. The maximum atomic E-state index is 11.4. The number of rotatable bonds is 3. The standard InChI is InChI=1S/C8H13ClN4O/c1-5(2)11-8(14)7(9)6-4-10-13(3)12-6/h4-5,7H,1-3H3,(H,11,14). The third-order valence-corrected chi connectivity index (χ3v) is 1.96. The van der Waals surface area contributed by atoms with Gasteiger partial charge in [-0.15, -0.1) is 11.6 Å². The third kappa shape index (κ3) is 2.70. The van der Waals surface area contributed by atoms with E-state index in [2.05, 4.69) is 15.5 Å². The molecule has 0 fully saturated rings. The SMILES string of the molecule is CC(C)NC(=O)C(Cl)c1cnn(C)n1. The summed E-state index contributed by atoms with van der Waals surface area (Å²) < 4.78 is 0. The highest BCUT2D eigenvalue weighted by molar-refractivity contribution is 6.30. The van der Waals surface area contributed by atoms with Crippen LogP contribution in [0.3, 0.4) is 0 Å². The Bertz CT molecular complexity index is 323. The molecule has 0 spiro atoms. The van der Waals surface area contributed by atoms with Crippen LogP contribution in [0.15, 0.2) is 6.20 Å². The largest absolute Gasteiger partial charge is 0.352 e. The molecule has 1 amide bonds. The molecular formula is C8H13ClN4O. The summed E-state index contributed by atoms with van der Waals surface area (Å²) in [6.07, 6.45) is 1.48. The van der Waals surface area contributed by atoms with Crippen molar-refractivity contribution in [1.82, 2.24) is 20.3 Å². The Morgan fingerprint density at radius 1 is 1.64 bits per heavy atom. The number of amides is 1. The lowest BCUT2D eigenvalue weighted by Crippen LogP contribution is -2.32. The fourth-order valence-corrected chi connectivity index (χ4v) is 1.13. The second kappa shape index (κ2) is 4.41. The van der Waals surface area contributed by atoms with E-state index in [-0.39, 0.29) is 11.9 Å². The normalized spacial score (nSPS) is 12.9. The van der Waals surface area contributed by atoms with Crippen LogP contribution in [-0.4, -0.2) is 26.9 Å². The first-order valence-corrected chi connectivity index (χ1v) is 4.75. The van der Waals surface area contributed by atoms with Gasteiger partial charge in [0.2, 0.25) is 5.91 Å². The Hall–Kier alpha value is -1.10. The van der Waals surface area contributed by atoms with Gasteiger partial charge in [0.25, 0.3) is 0 Å². The molecule has 1 N–H and O–H groups in total. The minimum absolute atomic E-state index is 0.0698. The number of carbonyl (C=O) groups excluding carboxylic acids is 1. The van der Waals surface area contributed by atoms with Crippen molar-refractivity contribution in [3.63, 3.8) is 0 Å². The van der Waals surface area contributed by atoms with Crippen molar-refractivity contribution in [3.05, 3.63) is 11.9 Å². The first-order chi connectivity index (χ1) is 6.50. The van der Waals surface area contributed by atoms with Crippen LogP contribution in [0, 0.1) is 0 Å². The number of carbonyl (C=O) groups is 1. The average Bonchev–Trinajstić information content (AvgIpc) is 2.49. The van der Waals surface area contributed by atoms with Crippen LogP contribution in [0.25, 0.3) is 0 Å². The van der Waals surface area contributed by atoms with Gasteiger partial charge in [0.15, 0.2) is 5.38 Å². The Morgan fingerprint density at radius 2 is 2.29 bits per heavy atom. The van der Waals surface area contributed by atoms with Crippen molar-refractivity contribution in [2.24, 2.45) is 7.05 Å². The van der Waals surface area contributed by atoms with Gasteiger partial charge in [-0.2, -0.15) is 15.0 Å². The molecule has 1 aromatic heterocycles. The summed E-state index contributed by atoms with van der Waals surface area (Å²) in [5, 5.41) is 9.72. The molecule has 0 aliphatic rings. The molecule has 1 aromatic rings. The van der Waals surface area contributed by atoms with E-state index < -0.39 is 5.38 Å². The van der Waals surface area contributed by atoms with E-state index in [9.17, 15) is 4.79 Å². The van der Waals surface area contributed by atoms with Gasteiger partial charge in [0.05, 0.1) is 6.20 Å². The highest BCUT2D eigenvalue weighted by Gasteiger charge is 2.20. The predicted octanol–water partition coefficient (Wildman–Crippen LogP) is 0.620. The first kappa shape index (κ1) is 11.0. The van der Waals surface area contributed by atoms with Gasteiger partial charge in [-0.1, -0.05) is 0 Å². The van der Waals surface area contributed by atoms with Gasteiger partial charge in [0, 0.05) is 13.1 Å². The molecule has 0 saturated carbocycles. The van der Waals surface area contributed by atoms with E-state index in [0.29, 0.717) is 5.69 Å². The molecule has 1 rings (SSSR count). The number of aryl methyl sites for hydroxylation is 1. The van der Waals surface area contributed by atoms with Gasteiger partial charge < -0.3 is 5.32 Å². The molecule has 0 radical (unpaired) electrons. The molecule has 5 nitrogen and oxygen atoms in total. The topological polar surface area (TPSA) is 59.8 Å². The summed E-state index contributed by atoms with van der Waals surface area (Å²) in [6.45, 7) is 3.75. The van der Waals surface area contributed by atoms with Gasteiger partial charge >= 0.3 is 0 Å². The zero-order valence-electron chi connectivity index (χ0n) is 8.36. The molecule has 0 aromatic carbocycles. The van der Waals surface area contributed by atoms with Crippen LogP contribution in [0.2, 0.25) is 0 Å². The molecule has 1 atom stereocenters. The monoisotopic (exact) mass is 216 g/mol. The maximum absolute atomic E-state index is 11.4. The Labute approximate surface area is 87.4 Å². The quantitative estimate of drug-likeness (QED) is 0.754. The van der Waals surface area contributed by atoms with Crippen molar-refractivity contribution >= 4 is 17.5 Å². The molecule has 0 saturated heterocycles. The van der Waals surface area contributed by atoms with Crippen LogP contribution in [0.1, 0.15) is 24.9 Å². The van der Waals surface area contributed by atoms with Gasteiger partial charge in [-0.05, 0) is 13.8 Å². The van der Waals surface area contributed by atoms with E-state index in [1.165, 1.54) is 11.0 Å². The zero-order chi connectivity index (χ0) is 10.7. The summed E-state index contributed by atoms with van der Waals surface area (Å²) >= 11 is 5.89. The lowest BCUT2D eigenvalue weighted by atomic mass is 10.3. The molecule has 0 bridgehead atoms. The van der Waals surface area contributed by atoms with Gasteiger partial charge in [0.1, 0.15) is 5.69 Å². The van der Waals surface area contributed by atoms with Crippen LogP contribution >= 0.6 is 11.6 Å². The maximum Gasteiger partial charge on any atom is 0.244 e. The minimum atomic E-state index is -0.772. The number of halogens is 1. The van der Waals surface area contributed by atoms with E-state index >= 15 is 0 Å². The number of hydrogen-bond acceptors (Lipinski definition) is 3. The van der Waals surface area contributed by atoms with E-state index in [0.717, 1.165) is 0 Å². The fourth-order valence-electron chi connectivity index (χ4n) is 0.970. The number of nitrogens with zero attached hydrogens (tertiary/aromatic N) is 3. The highest BCUT2D eigenvalue weighted by atomic mass is 35.5. The van der Waals surface area contributed by atoms with Crippen molar-refractivity contribution in [2.75, 3.05) is 0 Å². The summed E-state index contributed by atoms with van der Waals surface area (Å²) in [6, 6.07) is 0.0698. The first-order valence-electron chi connectivity index (χ1n) is 4.31. The molecule has 14 heavy (non-hydrogen) atoms. The lowest BCUT2D eigenvalue weighted by Gasteiger charge is -2.10. The molecule has 78 valence electrons. The van der Waals surface area contributed by atoms with Crippen molar-refractivity contribution in [2.45, 2.75) is 25.3 Å². The summed E-state index contributed by atoms with van der Waals surface area (Å²) in [7, 11) is 1.67. The van der Waals surface area contributed by atoms with Gasteiger partial charge in [-0.3, -0.25) is 4.79 Å². The van der Waals surface area contributed by atoms with Crippen LogP contribution in [-0.2, 0) is 11.8 Å². The summed E-state index contributed by atoms with van der Waals surface area (Å²) in [5.74, 6) is -0.248. The second-order valence-corrected chi connectivity index (χ2v) is 3.72. The number of hydrogen-bond donors (Lipinski definition) is 1.